The highest BCUT2D eigenvalue weighted by Crippen LogP contribution is 2.16. The van der Waals surface area contributed by atoms with Gasteiger partial charge in [0.2, 0.25) is 0 Å². The minimum absolute atomic E-state index is 0.0682. The molecule has 0 aliphatic heterocycles. The zero-order chi connectivity index (χ0) is 11.4. The fraction of sp³-hybridized carbons (Fsp3) is 0.333. The molecule has 0 atom stereocenters. The first-order valence-electron chi connectivity index (χ1n) is 5.28. The SMILES string of the molecule is N#CCCCn1c(CO)nc2ccccc21. The predicted molar refractivity (Wildman–Crippen MR) is 60.5 cm³/mol. The average Bonchev–Trinajstić information content (AvgIpc) is 2.68. The van der Waals surface area contributed by atoms with Gasteiger partial charge in [-0.2, -0.15) is 5.26 Å². The van der Waals surface area contributed by atoms with Crippen LogP contribution in [0.3, 0.4) is 0 Å². The first-order valence-corrected chi connectivity index (χ1v) is 5.28. The fourth-order valence-electron chi connectivity index (χ4n) is 1.81. The molecule has 0 radical (unpaired) electrons. The van der Waals surface area contributed by atoms with Gasteiger partial charge in [-0.05, 0) is 18.6 Å². The minimum Gasteiger partial charge on any atom is -0.388 e. The Bertz CT molecular complexity index is 525. The molecule has 82 valence electrons. The van der Waals surface area contributed by atoms with Crippen molar-refractivity contribution < 1.29 is 5.11 Å². The third kappa shape index (κ3) is 1.90. The molecule has 0 spiro atoms. The van der Waals surface area contributed by atoms with Crippen molar-refractivity contribution in [1.82, 2.24) is 9.55 Å². The Balaban J connectivity index is 2.36. The number of hydrogen-bond donors (Lipinski definition) is 1. The van der Waals surface area contributed by atoms with Crippen molar-refractivity contribution >= 4 is 11.0 Å². The molecule has 1 N–H and O–H groups in total. The number of nitrogens with zero attached hydrogens (tertiary/aromatic N) is 3. The van der Waals surface area contributed by atoms with Crippen LogP contribution in [0.15, 0.2) is 24.3 Å². The number of rotatable bonds is 4. The normalized spacial score (nSPS) is 10.5. The summed E-state index contributed by atoms with van der Waals surface area (Å²) in [6.07, 6.45) is 1.31. The van der Waals surface area contributed by atoms with Crippen LogP contribution in [0.2, 0.25) is 0 Å². The summed E-state index contributed by atoms with van der Waals surface area (Å²) in [7, 11) is 0. The molecule has 1 aromatic heterocycles. The number of imidazole rings is 1. The van der Waals surface area contributed by atoms with Gasteiger partial charge in [0.05, 0.1) is 17.1 Å². The monoisotopic (exact) mass is 215 g/mol. The number of unbranched alkanes of at least 4 members (excludes halogenated alkanes) is 1. The number of aromatic nitrogens is 2. The molecule has 4 nitrogen and oxygen atoms in total. The summed E-state index contributed by atoms with van der Waals surface area (Å²) in [5.74, 6) is 0.666. The van der Waals surface area contributed by atoms with Crippen LogP contribution < -0.4 is 0 Å². The summed E-state index contributed by atoms with van der Waals surface area (Å²) in [4.78, 5) is 4.34. The summed E-state index contributed by atoms with van der Waals surface area (Å²) in [5.41, 5.74) is 1.91. The standard InChI is InChI=1S/C12H13N3O/c13-7-3-4-8-15-11-6-2-1-5-10(11)14-12(15)9-16/h1-2,5-6,16H,3-4,8-9H2. The Hall–Kier alpha value is -1.86. The number of para-hydroxylation sites is 2. The largest absolute Gasteiger partial charge is 0.388 e. The van der Waals surface area contributed by atoms with Crippen LogP contribution in [0.4, 0.5) is 0 Å². The van der Waals surface area contributed by atoms with Crippen molar-refractivity contribution in [3.8, 4) is 6.07 Å². The lowest BCUT2D eigenvalue weighted by atomic mass is 10.3. The lowest BCUT2D eigenvalue weighted by molar-refractivity contribution is 0.265. The summed E-state index contributed by atoms with van der Waals surface area (Å²) < 4.78 is 1.98. The maximum absolute atomic E-state index is 9.23. The molecular weight excluding hydrogens is 202 g/mol. The molecule has 0 saturated heterocycles. The summed E-state index contributed by atoms with van der Waals surface area (Å²) >= 11 is 0. The highest BCUT2D eigenvalue weighted by molar-refractivity contribution is 5.75. The lowest BCUT2D eigenvalue weighted by Gasteiger charge is -2.05. The van der Waals surface area contributed by atoms with Crippen molar-refractivity contribution in [3.05, 3.63) is 30.1 Å². The van der Waals surface area contributed by atoms with E-state index < -0.39 is 0 Å². The first-order chi connectivity index (χ1) is 7.86. The van der Waals surface area contributed by atoms with E-state index in [4.69, 9.17) is 5.26 Å². The first kappa shape index (κ1) is 10.7. The maximum atomic E-state index is 9.23. The molecule has 0 fully saturated rings. The topological polar surface area (TPSA) is 61.8 Å². The predicted octanol–water partition coefficient (Wildman–Crippen LogP) is 1.83. The molecule has 4 heteroatoms. The number of nitriles is 1. The third-order valence-electron chi connectivity index (χ3n) is 2.55. The van der Waals surface area contributed by atoms with Gasteiger partial charge in [0.1, 0.15) is 12.4 Å². The second-order valence-electron chi connectivity index (χ2n) is 3.59. The molecule has 0 aliphatic rings. The highest BCUT2D eigenvalue weighted by atomic mass is 16.3. The second kappa shape index (κ2) is 4.77. The molecule has 0 unspecified atom stereocenters. The molecular formula is C12H13N3O. The Morgan fingerprint density at radius 2 is 2.19 bits per heavy atom. The van der Waals surface area contributed by atoms with Gasteiger partial charge in [0.25, 0.3) is 0 Å². The van der Waals surface area contributed by atoms with E-state index >= 15 is 0 Å². The van der Waals surface area contributed by atoms with E-state index in [0.717, 1.165) is 24.0 Å². The average molecular weight is 215 g/mol. The van der Waals surface area contributed by atoms with Crippen LogP contribution in [0.1, 0.15) is 18.7 Å². The Morgan fingerprint density at radius 1 is 1.38 bits per heavy atom. The number of aryl methyl sites for hydroxylation is 1. The number of aliphatic hydroxyl groups excluding tert-OH is 1. The van der Waals surface area contributed by atoms with Crippen LogP contribution in [-0.2, 0) is 13.2 Å². The molecule has 16 heavy (non-hydrogen) atoms. The molecule has 0 amide bonds. The van der Waals surface area contributed by atoms with Gasteiger partial charge >= 0.3 is 0 Å². The minimum atomic E-state index is -0.0682. The zero-order valence-corrected chi connectivity index (χ0v) is 8.93. The number of benzene rings is 1. The van der Waals surface area contributed by atoms with Gasteiger partial charge in [0, 0.05) is 13.0 Å². The fourth-order valence-corrected chi connectivity index (χ4v) is 1.81. The second-order valence-corrected chi connectivity index (χ2v) is 3.59. The van der Waals surface area contributed by atoms with Crippen LogP contribution in [-0.4, -0.2) is 14.7 Å². The quantitative estimate of drug-likeness (QED) is 0.791. The van der Waals surface area contributed by atoms with Crippen molar-refractivity contribution in [2.24, 2.45) is 0 Å². The Labute approximate surface area is 93.8 Å². The van der Waals surface area contributed by atoms with Crippen molar-refractivity contribution in [1.29, 1.82) is 5.26 Å². The lowest BCUT2D eigenvalue weighted by Crippen LogP contribution is -2.03. The zero-order valence-electron chi connectivity index (χ0n) is 8.93. The van der Waals surface area contributed by atoms with E-state index in [1.165, 1.54) is 0 Å². The molecule has 1 heterocycles. The molecule has 2 rings (SSSR count). The molecule has 2 aromatic rings. The van der Waals surface area contributed by atoms with Gasteiger partial charge in [0.15, 0.2) is 0 Å². The van der Waals surface area contributed by atoms with Gasteiger partial charge in [-0.15, -0.1) is 0 Å². The summed E-state index contributed by atoms with van der Waals surface area (Å²) in [6, 6.07) is 9.90. The van der Waals surface area contributed by atoms with Crippen molar-refractivity contribution in [2.75, 3.05) is 0 Å². The Kier molecular flexibility index (Phi) is 3.18. The third-order valence-corrected chi connectivity index (χ3v) is 2.55. The van der Waals surface area contributed by atoms with Gasteiger partial charge < -0.3 is 9.67 Å². The molecule has 0 bridgehead atoms. The van der Waals surface area contributed by atoms with Crippen LogP contribution in [0.5, 0.6) is 0 Å². The van der Waals surface area contributed by atoms with E-state index in [-0.39, 0.29) is 6.61 Å². The van der Waals surface area contributed by atoms with E-state index in [1.54, 1.807) is 0 Å². The number of aliphatic hydroxyl groups is 1. The van der Waals surface area contributed by atoms with Gasteiger partial charge in [-0.25, -0.2) is 4.98 Å². The Morgan fingerprint density at radius 3 is 2.94 bits per heavy atom. The number of hydrogen-bond acceptors (Lipinski definition) is 3. The van der Waals surface area contributed by atoms with Crippen molar-refractivity contribution in [2.45, 2.75) is 26.0 Å². The van der Waals surface area contributed by atoms with E-state index in [0.29, 0.717) is 12.2 Å². The van der Waals surface area contributed by atoms with Crippen molar-refractivity contribution in [3.63, 3.8) is 0 Å². The number of fused-ring (bicyclic) bond motifs is 1. The van der Waals surface area contributed by atoms with Crippen LogP contribution in [0, 0.1) is 11.3 Å². The van der Waals surface area contributed by atoms with E-state index in [2.05, 4.69) is 11.1 Å². The summed E-state index contributed by atoms with van der Waals surface area (Å²) in [5, 5.41) is 17.7. The van der Waals surface area contributed by atoms with Gasteiger partial charge in [-0.3, -0.25) is 0 Å². The van der Waals surface area contributed by atoms with E-state index in [9.17, 15) is 5.11 Å². The molecule has 1 aromatic carbocycles. The maximum Gasteiger partial charge on any atom is 0.135 e. The summed E-state index contributed by atoms with van der Waals surface area (Å²) in [6.45, 7) is 0.658. The molecule has 0 aliphatic carbocycles. The van der Waals surface area contributed by atoms with Gasteiger partial charge in [-0.1, -0.05) is 12.1 Å². The van der Waals surface area contributed by atoms with Crippen LogP contribution >= 0.6 is 0 Å². The smallest absolute Gasteiger partial charge is 0.135 e. The van der Waals surface area contributed by atoms with E-state index in [1.807, 2.05) is 28.8 Å². The molecule has 0 saturated carbocycles. The highest BCUT2D eigenvalue weighted by Gasteiger charge is 2.08. The van der Waals surface area contributed by atoms with Crippen LogP contribution in [0.25, 0.3) is 11.0 Å².